The first-order valence-corrected chi connectivity index (χ1v) is 9.11. The molecule has 1 heterocycles. The second-order valence-electron chi connectivity index (χ2n) is 5.57. The Kier molecular flexibility index (Phi) is 10.8. The van der Waals surface area contributed by atoms with Crippen molar-refractivity contribution in [3.63, 3.8) is 0 Å². The van der Waals surface area contributed by atoms with E-state index in [2.05, 4.69) is 11.9 Å². The maximum atomic E-state index is 4.46. The van der Waals surface area contributed by atoms with E-state index in [1.165, 1.54) is 82.8 Å². The van der Waals surface area contributed by atoms with Gasteiger partial charge in [-0.3, -0.25) is 4.99 Å². The second kappa shape index (κ2) is 12.1. The van der Waals surface area contributed by atoms with Gasteiger partial charge in [-0.25, -0.2) is 0 Å². The van der Waals surface area contributed by atoms with Gasteiger partial charge in [-0.15, -0.1) is 11.8 Å². The molecule has 18 heavy (non-hydrogen) atoms. The molecule has 0 saturated heterocycles. The molecule has 0 radical (unpaired) electrons. The Labute approximate surface area is 118 Å². The first kappa shape index (κ1) is 16.1. The van der Waals surface area contributed by atoms with Crippen LogP contribution >= 0.6 is 11.8 Å². The zero-order chi connectivity index (χ0) is 12.9. The van der Waals surface area contributed by atoms with Crippen LogP contribution in [0.1, 0.15) is 84.0 Å². The molecule has 1 aliphatic heterocycles. The third-order valence-electron chi connectivity index (χ3n) is 3.78. The van der Waals surface area contributed by atoms with Gasteiger partial charge in [0.05, 0.1) is 11.6 Å². The fourth-order valence-electron chi connectivity index (χ4n) is 2.53. The van der Waals surface area contributed by atoms with Gasteiger partial charge in [0.25, 0.3) is 0 Å². The molecule has 0 spiro atoms. The van der Waals surface area contributed by atoms with E-state index in [-0.39, 0.29) is 0 Å². The van der Waals surface area contributed by atoms with E-state index in [4.69, 9.17) is 0 Å². The molecular weight excluding hydrogens is 238 g/mol. The average molecular weight is 269 g/mol. The van der Waals surface area contributed by atoms with Crippen molar-refractivity contribution in [2.75, 3.05) is 5.75 Å². The summed E-state index contributed by atoms with van der Waals surface area (Å²) in [4.78, 5) is 4.46. The van der Waals surface area contributed by atoms with Crippen LogP contribution in [0.2, 0.25) is 0 Å². The number of thioether (sulfide) groups is 1. The summed E-state index contributed by atoms with van der Waals surface area (Å²) in [6.45, 7) is 2.29. The van der Waals surface area contributed by atoms with E-state index >= 15 is 0 Å². The molecule has 0 aromatic carbocycles. The van der Waals surface area contributed by atoms with E-state index in [9.17, 15) is 0 Å². The fraction of sp³-hybridized carbons (Fsp3) is 0.938. The van der Waals surface area contributed by atoms with Crippen LogP contribution in [0.15, 0.2) is 4.99 Å². The maximum Gasteiger partial charge on any atom is 0.0600 e. The van der Waals surface area contributed by atoms with Gasteiger partial charge >= 0.3 is 0 Å². The molecule has 0 aromatic rings. The van der Waals surface area contributed by atoms with E-state index in [1.807, 2.05) is 17.3 Å². The molecule has 0 fully saturated rings. The topological polar surface area (TPSA) is 12.4 Å². The Bertz CT molecular complexity index is 203. The van der Waals surface area contributed by atoms with Gasteiger partial charge < -0.3 is 0 Å². The SMILES string of the molecule is CCCCCCCCCCCCCC1CSC=N1. The molecule has 0 amide bonds. The third kappa shape index (κ3) is 9.02. The molecular formula is C16H31NS. The van der Waals surface area contributed by atoms with E-state index in [0.717, 1.165) is 0 Å². The highest BCUT2D eigenvalue weighted by Gasteiger charge is 2.09. The number of rotatable bonds is 12. The van der Waals surface area contributed by atoms with Crippen molar-refractivity contribution >= 4 is 17.3 Å². The number of nitrogens with zero attached hydrogens (tertiary/aromatic N) is 1. The molecule has 1 rings (SSSR count). The van der Waals surface area contributed by atoms with E-state index in [1.54, 1.807) is 0 Å². The van der Waals surface area contributed by atoms with Crippen molar-refractivity contribution in [2.24, 2.45) is 4.99 Å². The summed E-state index contributed by atoms with van der Waals surface area (Å²) in [6, 6.07) is 0.647. The van der Waals surface area contributed by atoms with Gasteiger partial charge in [0.1, 0.15) is 0 Å². The second-order valence-corrected chi connectivity index (χ2v) is 6.44. The van der Waals surface area contributed by atoms with Crippen LogP contribution in [0.4, 0.5) is 0 Å². The lowest BCUT2D eigenvalue weighted by molar-refractivity contribution is 0.533. The highest BCUT2D eigenvalue weighted by atomic mass is 32.2. The Morgan fingerprint density at radius 1 is 0.889 bits per heavy atom. The van der Waals surface area contributed by atoms with Crippen LogP contribution in [-0.4, -0.2) is 17.3 Å². The molecule has 0 saturated carbocycles. The standard InChI is InChI=1S/C16H31NS/c1-2-3-4-5-6-7-8-9-10-11-12-13-16-14-18-15-17-16/h15-16H,2-14H2,1H3. The smallest absolute Gasteiger partial charge is 0.0600 e. The number of unbranched alkanes of at least 4 members (excludes halogenated alkanes) is 10. The lowest BCUT2D eigenvalue weighted by atomic mass is 10.0. The highest BCUT2D eigenvalue weighted by molar-refractivity contribution is 8.12. The van der Waals surface area contributed by atoms with Gasteiger partial charge in [0.15, 0.2) is 0 Å². The third-order valence-corrected chi connectivity index (χ3v) is 4.62. The molecule has 106 valence electrons. The summed E-state index contributed by atoms with van der Waals surface area (Å²) in [5.74, 6) is 1.23. The lowest BCUT2D eigenvalue weighted by Crippen LogP contribution is -2.02. The zero-order valence-corrected chi connectivity index (χ0v) is 13.0. The molecule has 1 nitrogen and oxygen atoms in total. The van der Waals surface area contributed by atoms with E-state index in [0.29, 0.717) is 6.04 Å². The van der Waals surface area contributed by atoms with Gasteiger partial charge in [-0.05, 0) is 6.42 Å². The van der Waals surface area contributed by atoms with Crippen molar-refractivity contribution in [1.82, 2.24) is 0 Å². The molecule has 0 N–H and O–H groups in total. The first-order chi connectivity index (χ1) is 8.93. The molecule has 1 unspecified atom stereocenters. The van der Waals surface area contributed by atoms with Gasteiger partial charge in [-0.2, -0.15) is 0 Å². The van der Waals surface area contributed by atoms with Crippen LogP contribution in [0.25, 0.3) is 0 Å². The molecule has 0 aromatic heterocycles. The summed E-state index contributed by atoms with van der Waals surface area (Å²) in [5, 5.41) is 0. The predicted octanol–water partition coefficient (Wildman–Crippen LogP) is 5.83. The molecule has 1 aliphatic rings. The minimum Gasteiger partial charge on any atom is -0.282 e. The van der Waals surface area contributed by atoms with Crippen molar-refractivity contribution < 1.29 is 0 Å². The van der Waals surface area contributed by atoms with Crippen molar-refractivity contribution in [2.45, 2.75) is 90.0 Å². The van der Waals surface area contributed by atoms with Gasteiger partial charge in [0, 0.05) is 5.75 Å². The number of aliphatic imine (C=N–C) groups is 1. The number of hydrogen-bond donors (Lipinski definition) is 0. The Morgan fingerprint density at radius 3 is 1.94 bits per heavy atom. The van der Waals surface area contributed by atoms with Crippen LogP contribution in [0.3, 0.4) is 0 Å². The quantitative estimate of drug-likeness (QED) is 0.406. The van der Waals surface area contributed by atoms with Crippen molar-refractivity contribution in [3.05, 3.63) is 0 Å². The van der Waals surface area contributed by atoms with Crippen molar-refractivity contribution in [3.8, 4) is 0 Å². The Morgan fingerprint density at radius 2 is 1.44 bits per heavy atom. The number of hydrogen-bond acceptors (Lipinski definition) is 2. The molecule has 0 aliphatic carbocycles. The molecule has 0 bridgehead atoms. The lowest BCUT2D eigenvalue weighted by Gasteiger charge is -2.05. The summed E-state index contributed by atoms with van der Waals surface area (Å²) in [6.07, 6.45) is 17.1. The van der Waals surface area contributed by atoms with Gasteiger partial charge in [0.2, 0.25) is 0 Å². The Hall–Kier alpha value is 0.0200. The molecule has 2 heteroatoms. The monoisotopic (exact) mass is 269 g/mol. The first-order valence-electron chi connectivity index (χ1n) is 8.06. The predicted molar refractivity (Wildman–Crippen MR) is 85.8 cm³/mol. The van der Waals surface area contributed by atoms with Crippen LogP contribution in [0.5, 0.6) is 0 Å². The summed E-state index contributed by atoms with van der Waals surface area (Å²) >= 11 is 1.87. The maximum absolute atomic E-state index is 4.46. The minimum absolute atomic E-state index is 0.647. The van der Waals surface area contributed by atoms with Crippen LogP contribution < -0.4 is 0 Å². The van der Waals surface area contributed by atoms with Crippen LogP contribution in [0, 0.1) is 0 Å². The normalized spacial score (nSPS) is 18.6. The fourth-order valence-corrected chi connectivity index (χ4v) is 3.35. The summed E-state index contributed by atoms with van der Waals surface area (Å²) in [7, 11) is 0. The minimum atomic E-state index is 0.647. The highest BCUT2D eigenvalue weighted by Crippen LogP contribution is 2.18. The summed E-state index contributed by atoms with van der Waals surface area (Å²) < 4.78 is 0. The Balaban J connectivity index is 1.69. The zero-order valence-electron chi connectivity index (χ0n) is 12.2. The van der Waals surface area contributed by atoms with Crippen LogP contribution in [-0.2, 0) is 0 Å². The summed E-state index contributed by atoms with van der Waals surface area (Å²) in [5.41, 5.74) is 2.03. The van der Waals surface area contributed by atoms with E-state index < -0.39 is 0 Å². The van der Waals surface area contributed by atoms with Gasteiger partial charge in [-0.1, -0.05) is 77.6 Å². The average Bonchev–Trinajstić information content (AvgIpc) is 2.89. The van der Waals surface area contributed by atoms with Crippen molar-refractivity contribution in [1.29, 1.82) is 0 Å². The molecule has 1 atom stereocenters. The largest absolute Gasteiger partial charge is 0.282 e.